The van der Waals surface area contributed by atoms with Gasteiger partial charge in [-0.1, -0.05) is 13.8 Å². The van der Waals surface area contributed by atoms with Crippen molar-refractivity contribution in [2.24, 2.45) is 5.92 Å². The molecule has 3 aromatic rings. The SMILES string of the molecule is Cc1nn2c(=O)c(C(=O)NC3CC3)c(O)n(CC(C)C)c2c1C=CC(=O)N(C)Cc1cnccn1. The van der Waals surface area contributed by atoms with E-state index >= 15 is 0 Å². The molecule has 1 aliphatic rings. The molecule has 1 aliphatic carbocycles. The smallest absolute Gasteiger partial charge is 0.291 e. The normalized spacial score (nSPS) is 13.6. The van der Waals surface area contributed by atoms with Crippen LogP contribution in [0.2, 0.25) is 0 Å². The van der Waals surface area contributed by atoms with Crippen LogP contribution in [0.4, 0.5) is 0 Å². The molecule has 0 aliphatic heterocycles. The molecule has 1 fully saturated rings. The van der Waals surface area contributed by atoms with Crippen LogP contribution in [-0.4, -0.2) is 59.1 Å². The molecule has 0 aromatic carbocycles. The van der Waals surface area contributed by atoms with E-state index in [0.717, 1.165) is 17.4 Å². The van der Waals surface area contributed by atoms with Gasteiger partial charge in [-0.2, -0.15) is 9.61 Å². The first-order valence-electron chi connectivity index (χ1n) is 11.5. The van der Waals surface area contributed by atoms with Crippen LogP contribution < -0.4 is 10.9 Å². The van der Waals surface area contributed by atoms with E-state index in [0.29, 0.717) is 29.1 Å². The van der Waals surface area contributed by atoms with Gasteiger partial charge in [0.2, 0.25) is 11.8 Å². The molecule has 3 aromatic heterocycles. The number of likely N-dealkylation sites (N-methyl/N-ethyl adjacent to an activating group) is 1. The van der Waals surface area contributed by atoms with E-state index in [2.05, 4.69) is 20.4 Å². The molecule has 2 N–H and O–H groups in total. The van der Waals surface area contributed by atoms with E-state index in [1.54, 1.807) is 38.6 Å². The Hall–Kier alpha value is -4.02. The number of aryl methyl sites for hydroxylation is 1. The molecule has 184 valence electrons. The minimum Gasteiger partial charge on any atom is -0.494 e. The Morgan fingerprint density at radius 1 is 1.31 bits per heavy atom. The van der Waals surface area contributed by atoms with E-state index in [1.165, 1.54) is 15.5 Å². The van der Waals surface area contributed by atoms with Gasteiger partial charge in [0, 0.05) is 43.7 Å². The Balaban J connectivity index is 1.74. The van der Waals surface area contributed by atoms with Crippen molar-refractivity contribution in [2.75, 3.05) is 7.05 Å². The molecule has 2 amide bonds. The highest BCUT2D eigenvalue weighted by molar-refractivity contribution is 5.97. The van der Waals surface area contributed by atoms with Crippen LogP contribution in [0.15, 0.2) is 29.5 Å². The molecule has 11 nitrogen and oxygen atoms in total. The molecule has 0 radical (unpaired) electrons. The van der Waals surface area contributed by atoms with Crippen molar-refractivity contribution in [3.8, 4) is 5.88 Å². The number of aromatic hydroxyl groups is 1. The molecule has 3 heterocycles. The summed E-state index contributed by atoms with van der Waals surface area (Å²) in [6.45, 7) is 6.25. The second kappa shape index (κ2) is 9.69. The van der Waals surface area contributed by atoms with Crippen LogP contribution in [0.5, 0.6) is 5.88 Å². The van der Waals surface area contributed by atoms with Gasteiger partial charge in [-0.25, -0.2) is 0 Å². The quantitative estimate of drug-likeness (QED) is 0.468. The zero-order chi connectivity index (χ0) is 25.3. The topological polar surface area (TPSA) is 135 Å². The van der Waals surface area contributed by atoms with Gasteiger partial charge in [-0.3, -0.25) is 28.9 Å². The third-order valence-electron chi connectivity index (χ3n) is 5.69. The lowest BCUT2D eigenvalue weighted by Crippen LogP contribution is -2.34. The summed E-state index contributed by atoms with van der Waals surface area (Å²) in [5.74, 6) is -1.20. The molecule has 0 saturated heterocycles. The molecular weight excluding hydrogens is 450 g/mol. The highest BCUT2D eigenvalue weighted by atomic mass is 16.3. The zero-order valence-electron chi connectivity index (χ0n) is 20.2. The van der Waals surface area contributed by atoms with Gasteiger partial charge in [0.05, 0.1) is 24.1 Å². The minimum absolute atomic E-state index is 0.0262. The molecule has 0 bridgehead atoms. The van der Waals surface area contributed by atoms with Crippen molar-refractivity contribution in [3.05, 3.63) is 57.5 Å². The average molecular weight is 480 g/mol. The summed E-state index contributed by atoms with van der Waals surface area (Å²) in [5.41, 5.74) is 0.930. The first-order chi connectivity index (χ1) is 16.7. The number of nitrogens with zero attached hydrogens (tertiary/aromatic N) is 6. The number of nitrogens with one attached hydrogen (secondary N) is 1. The van der Waals surface area contributed by atoms with Crippen LogP contribution in [0.3, 0.4) is 0 Å². The highest BCUT2D eigenvalue weighted by Crippen LogP contribution is 2.26. The molecule has 0 unspecified atom stereocenters. The lowest BCUT2D eigenvalue weighted by Gasteiger charge is -2.17. The molecule has 35 heavy (non-hydrogen) atoms. The molecule has 11 heteroatoms. The number of rotatable bonds is 8. The van der Waals surface area contributed by atoms with Crippen molar-refractivity contribution in [2.45, 2.75) is 52.7 Å². The maximum Gasteiger partial charge on any atom is 0.291 e. The van der Waals surface area contributed by atoms with Gasteiger partial charge in [-0.05, 0) is 31.8 Å². The number of hydrogen-bond acceptors (Lipinski definition) is 7. The fourth-order valence-corrected chi connectivity index (χ4v) is 3.80. The molecule has 4 rings (SSSR count). The molecule has 1 saturated carbocycles. The fraction of sp³-hybridized carbons (Fsp3) is 0.417. The summed E-state index contributed by atoms with van der Waals surface area (Å²) >= 11 is 0. The number of hydrogen-bond donors (Lipinski definition) is 2. The van der Waals surface area contributed by atoms with Crippen molar-refractivity contribution in [1.29, 1.82) is 0 Å². The van der Waals surface area contributed by atoms with Gasteiger partial charge >= 0.3 is 0 Å². The van der Waals surface area contributed by atoms with Crippen molar-refractivity contribution in [1.82, 2.24) is 34.4 Å². The Morgan fingerprint density at radius 2 is 2.06 bits per heavy atom. The predicted molar refractivity (Wildman–Crippen MR) is 129 cm³/mol. The molecular formula is C24H29N7O4. The monoisotopic (exact) mass is 479 g/mol. The van der Waals surface area contributed by atoms with Gasteiger partial charge in [0.25, 0.3) is 11.5 Å². The van der Waals surface area contributed by atoms with E-state index in [-0.39, 0.29) is 30.0 Å². The average Bonchev–Trinajstić information content (AvgIpc) is 3.56. The van der Waals surface area contributed by atoms with E-state index in [1.807, 2.05) is 13.8 Å². The van der Waals surface area contributed by atoms with Crippen LogP contribution in [0.1, 0.15) is 54.0 Å². The Morgan fingerprint density at radius 3 is 2.69 bits per heavy atom. The minimum atomic E-state index is -0.704. The second-order valence-corrected chi connectivity index (χ2v) is 9.21. The number of carbonyl (C=O) groups excluding carboxylic acids is 2. The summed E-state index contributed by atoms with van der Waals surface area (Å²) < 4.78 is 2.65. The fourth-order valence-electron chi connectivity index (χ4n) is 3.80. The third kappa shape index (κ3) is 5.08. The number of carbonyl (C=O) groups is 2. The molecule has 0 atom stereocenters. The zero-order valence-corrected chi connectivity index (χ0v) is 20.2. The largest absolute Gasteiger partial charge is 0.494 e. The summed E-state index contributed by atoms with van der Waals surface area (Å²) in [5, 5.41) is 18.1. The van der Waals surface area contributed by atoms with E-state index < -0.39 is 17.3 Å². The van der Waals surface area contributed by atoms with Crippen molar-refractivity contribution < 1.29 is 14.7 Å². The van der Waals surface area contributed by atoms with Crippen LogP contribution >= 0.6 is 0 Å². The second-order valence-electron chi connectivity index (χ2n) is 9.21. The number of aromatic nitrogens is 5. The lowest BCUT2D eigenvalue weighted by molar-refractivity contribution is -0.125. The van der Waals surface area contributed by atoms with Gasteiger partial charge in [0.1, 0.15) is 5.65 Å². The Labute approximate surface area is 202 Å². The van der Waals surface area contributed by atoms with Gasteiger partial charge in [0.15, 0.2) is 5.56 Å². The summed E-state index contributed by atoms with van der Waals surface area (Å²) in [6.07, 6.45) is 9.38. The molecule has 0 spiro atoms. The van der Waals surface area contributed by atoms with Crippen molar-refractivity contribution in [3.63, 3.8) is 0 Å². The summed E-state index contributed by atoms with van der Waals surface area (Å²) in [4.78, 5) is 48.3. The van der Waals surface area contributed by atoms with Gasteiger partial charge in [-0.15, -0.1) is 0 Å². The summed E-state index contributed by atoms with van der Waals surface area (Å²) in [6, 6.07) is 0.0262. The first kappa shape index (κ1) is 24.1. The maximum atomic E-state index is 13.2. The Kier molecular flexibility index (Phi) is 6.68. The Bertz CT molecular complexity index is 1350. The predicted octanol–water partition coefficient (Wildman–Crippen LogP) is 1.52. The first-order valence-corrected chi connectivity index (χ1v) is 11.5. The highest BCUT2D eigenvalue weighted by Gasteiger charge is 2.30. The van der Waals surface area contributed by atoms with E-state index in [4.69, 9.17) is 0 Å². The van der Waals surface area contributed by atoms with E-state index in [9.17, 15) is 19.5 Å². The maximum absolute atomic E-state index is 13.2. The van der Waals surface area contributed by atoms with Crippen molar-refractivity contribution >= 4 is 23.5 Å². The standard InChI is InChI=1S/C24H29N7O4/c1-14(2)12-30-22-18(7-8-19(32)29(4)13-17-11-25-9-10-26-17)15(3)28-31(22)24(35)20(23(30)34)21(33)27-16-5-6-16/h7-11,14,16,34H,5-6,12-13H2,1-4H3,(H,27,33). The number of fused-ring (bicyclic) bond motifs is 1. The number of amides is 2. The van der Waals surface area contributed by atoms with Crippen LogP contribution in [0.25, 0.3) is 11.7 Å². The third-order valence-corrected chi connectivity index (χ3v) is 5.69. The van der Waals surface area contributed by atoms with Crippen LogP contribution in [0, 0.1) is 12.8 Å². The van der Waals surface area contributed by atoms with Crippen LogP contribution in [-0.2, 0) is 17.9 Å². The summed E-state index contributed by atoms with van der Waals surface area (Å²) in [7, 11) is 1.65. The lowest BCUT2D eigenvalue weighted by atomic mass is 10.1. The van der Waals surface area contributed by atoms with Gasteiger partial charge < -0.3 is 15.3 Å².